The van der Waals surface area contributed by atoms with Crippen LogP contribution in [0.4, 0.5) is 0 Å². The molecule has 0 saturated carbocycles. The lowest BCUT2D eigenvalue weighted by atomic mass is 9.95. The fourth-order valence-corrected chi connectivity index (χ4v) is 2.41. The first-order valence-electron chi connectivity index (χ1n) is 6.06. The summed E-state index contributed by atoms with van der Waals surface area (Å²) < 4.78 is 0. The van der Waals surface area contributed by atoms with Gasteiger partial charge in [0.25, 0.3) is 0 Å². The van der Waals surface area contributed by atoms with E-state index in [-0.39, 0.29) is 0 Å². The van der Waals surface area contributed by atoms with E-state index in [0.717, 1.165) is 37.7 Å². The highest BCUT2D eigenvalue weighted by molar-refractivity contribution is 4.94. The van der Waals surface area contributed by atoms with Crippen LogP contribution in [0.25, 0.3) is 0 Å². The van der Waals surface area contributed by atoms with Crippen LogP contribution in [0.1, 0.15) is 25.0 Å². The number of hydrogen-bond acceptors (Lipinski definition) is 4. The average Bonchev–Trinajstić information content (AvgIpc) is 2.31. The summed E-state index contributed by atoms with van der Waals surface area (Å²) in [6.07, 6.45) is 9.09. The minimum atomic E-state index is 0.774. The van der Waals surface area contributed by atoms with E-state index >= 15 is 0 Å². The van der Waals surface area contributed by atoms with Crippen molar-refractivity contribution in [2.75, 3.05) is 19.6 Å². The number of rotatable bonds is 4. The summed E-state index contributed by atoms with van der Waals surface area (Å²) in [5, 5.41) is 0. The maximum Gasteiger partial charge on any atom is 0.0726 e. The van der Waals surface area contributed by atoms with E-state index in [0.29, 0.717) is 0 Å². The zero-order chi connectivity index (χ0) is 11.2. The molecule has 0 aliphatic carbocycles. The zero-order valence-corrected chi connectivity index (χ0v) is 9.68. The lowest BCUT2D eigenvalue weighted by molar-refractivity contribution is 0.161. The summed E-state index contributed by atoms with van der Waals surface area (Å²) in [5.74, 6) is 0.774. The molecule has 1 atom stereocenters. The van der Waals surface area contributed by atoms with Gasteiger partial charge in [0.15, 0.2) is 0 Å². The van der Waals surface area contributed by atoms with Crippen molar-refractivity contribution in [3.05, 3.63) is 24.3 Å². The first-order valence-corrected chi connectivity index (χ1v) is 6.06. The summed E-state index contributed by atoms with van der Waals surface area (Å²) in [4.78, 5) is 10.9. The Bertz CT molecular complexity index is 299. The topological polar surface area (TPSA) is 55.0 Å². The Morgan fingerprint density at radius 3 is 3.12 bits per heavy atom. The molecule has 4 heteroatoms. The van der Waals surface area contributed by atoms with Crippen molar-refractivity contribution in [3.63, 3.8) is 0 Å². The van der Waals surface area contributed by atoms with Gasteiger partial charge >= 0.3 is 0 Å². The van der Waals surface area contributed by atoms with Gasteiger partial charge in [0.05, 0.1) is 5.69 Å². The first kappa shape index (κ1) is 11.5. The van der Waals surface area contributed by atoms with Gasteiger partial charge in [0.2, 0.25) is 0 Å². The van der Waals surface area contributed by atoms with Crippen LogP contribution in [0.2, 0.25) is 0 Å². The zero-order valence-electron chi connectivity index (χ0n) is 9.68. The molecule has 1 saturated heterocycles. The Balaban J connectivity index is 1.85. The molecule has 0 spiro atoms. The van der Waals surface area contributed by atoms with Crippen LogP contribution < -0.4 is 5.73 Å². The third kappa shape index (κ3) is 3.25. The highest BCUT2D eigenvalue weighted by Gasteiger charge is 2.19. The molecular weight excluding hydrogens is 200 g/mol. The average molecular weight is 220 g/mol. The highest BCUT2D eigenvalue weighted by Crippen LogP contribution is 2.19. The van der Waals surface area contributed by atoms with Gasteiger partial charge < -0.3 is 5.73 Å². The number of hydrogen-bond donors (Lipinski definition) is 1. The van der Waals surface area contributed by atoms with E-state index in [9.17, 15) is 0 Å². The molecule has 2 rings (SSSR count). The number of aromatic nitrogens is 2. The molecule has 2 N–H and O–H groups in total. The third-order valence-electron chi connectivity index (χ3n) is 3.18. The number of likely N-dealkylation sites (tertiary alicyclic amines) is 1. The van der Waals surface area contributed by atoms with E-state index in [1.165, 1.54) is 19.4 Å². The number of nitrogens with two attached hydrogens (primary N) is 1. The van der Waals surface area contributed by atoms with Gasteiger partial charge in [-0.05, 0) is 38.3 Å². The van der Waals surface area contributed by atoms with Crippen LogP contribution in [0, 0.1) is 5.92 Å². The van der Waals surface area contributed by atoms with Crippen LogP contribution in [0.15, 0.2) is 18.6 Å². The second-order valence-electron chi connectivity index (χ2n) is 4.52. The molecular formula is C12H20N4. The standard InChI is InChI=1S/C12H20N4/c13-4-3-11-2-1-7-16(9-11)10-12-8-14-5-6-15-12/h5-6,8,11H,1-4,7,9-10,13H2. The van der Waals surface area contributed by atoms with Gasteiger partial charge in [0, 0.05) is 31.7 Å². The van der Waals surface area contributed by atoms with Crippen LogP contribution in [0.5, 0.6) is 0 Å². The Labute approximate surface area is 96.9 Å². The molecule has 1 aromatic heterocycles. The van der Waals surface area contributed by atoms with Crippen molar-refractivity contribution in [2.24, 2.45) is 11.7 Å². The van der Waals surface area contributed by atoms with E-state index in [2.05, 4.69) is 14.9 Å². The maximum absolute atomic E-state index is 5.62. The molecule has 0 amide bonds. The molecule has 4 nitrogen and oxygen atoms in total. The molecule has 88 valence electrons. The highest BCUT2D eigenvalue weighted by atomic mass is 15.1. The van der Waals surface area contributed by atoms with E-state index < -0.39 is 0 Å². The van der Waals surface area contributed by atoms with Gasteiger partial charge in [-0.15, -0.1) is 0 Å². The second-order valence-corrected chi connectivity index (χ2v) is 4.52. The summed E-state index contributed by atoms with van der Waals surface area (Å²) in [5.41, 5.74) is 6.68. The Kier molecular flexibility index (Phi) is 4.25. The second kappa shape index (κ2) is 5.92. The Morgan fingerprint density at radius 1 is 1.44 bits per heavy atom. The van der Waals surface area contributed by atoms with E-state index in [1.807, 2.05) is 6.20 Å². The van der Waals surface area contributed by atoms with Crippen LogP contribution in [0.3, 0.4) is 0 Å². The quantitative estimate of drug-likeness (QED) is 0.823. The molecule has 0 radical (unpaired) electrons. The first-order chi connectivity index (χ1) is 7.88. The maximum atomic E-state index is 5.62. The lowest BCUT2D eigenvalue weighted by Gasteiger charge is -2.32. The molecule has 2 heterocycles. The van der Waals surface area contributed by atoms with E-state index in [1.54, 1.807) is 12.4 Å². The molecule has 0 aromatic carbocycles. The minimum Gasteiger partial charge on any atom is -0.330 e. The predicted octanol–water partition coefficient (Wildman–Crippen LogP) is 1.04. The van der Waals surface area contributed by atoms with Gasteiger partial charge in [-0.25, -0.2) is 0 Å². The van der Waals surface area contributed by atoms with E-state index in [4.69, 9.17) is 5.73 Å². The molecule has 0 bridgehead atoms. The van der Waals surface area contributed by atoms with Crippen molar-refractivity contribution < 1.29 is 0 Å². The van der Waals surface area contributed by atoms with Crippen molar-refractivity contribution in [1.29, 1.82) is 0 Å². The Morgan fingerprint density at radius 2 is 2.38 bits per heavy atom. The summed E-state index contributed by atoms with van der Waals surface area (Å²) in [7, 11) is 0. The van der Waals surface area contributed by atoms with Crippen LogP contribution in [-0.2, 0) is 6.54 Å². The van der Waals surface area contributed by atoms with Crippen LogP contribution >= 0.6 is 0 Å². The molecule has 1 unspecified atom stereocenters. The third-order valence-corrected chi connectivity index (χ3v) is 3.18. The van der Waals surface area contributed by atoms with Gasteiger partial charge in [0.1, 0.15) is 0 Å². The van der Waals surface area contributed by atoms with Gasteiger partial charge in [-0.3, -0.25) is 14.9 Å². The summed E-state index contributed by atoms with van der Waals surface area (Å²) >= 11 is 0. The largest absolute Gasteiger partial charge is 0.330 e. The molecule has 1 fully saturated rings. The van der Waals surface area contributed by atoms with Gasteiger partial charge in [-0.2, -0.15) is 0 Å². The summed E-state index contributed by atoms with van der Waals surface area (Å²) in [6.45, 7) is 4.07. The molecule has 1 aromatic rings. The van der Waals surface area contributed by atoms with Crippen molar-refractivity contribution in [1.82, 2.24) is 14.9 Å². The SMILES string of the molecule is NCCC1CCCN(Cc2cnccn2)C1. The number of nitrogens with zero attached hydrogens (tertiary/aromatic N) is 3. The molecule has 1 aliphatic heterocycles. The van der Waals surface area contributed by atoms with Crippen molar-refractivity contribution in [2.45, 2.75) is 25.8 Å². The smallest absolute Gasteiger partial charge is 0.0726 e. The predicted molar refractivity (Wildman–Crippen MR) is 63.7 cm³/mol. The fourth-order valence-electron chi connectivity index (χ4n) is 2.41. The van der Waals surface area contributed by atoms with Crippen LogP contribution in [-0.4, -0.2) is 34.5 Å². The van der Waals surface area contributed by atoms with Gasteiger partial charge in [-0.1, -0.05) is 0 Å². The number of piperidine rings is 1. The minimum absolute atomic E-state index is 0.774. The fraction of sp³-hybridized carbons (Fsp3) is 0.667. The summed E-state index contributed by atoms with van der Waals surface area (Å²) in [6, 6.07) is 0. The van der Waals surface area contributed by atoms with Crippen molar-refractivity contribution in [3.8, 4) is 0 Å². The normalized spacial score (nSPS) is 22.2. The monoisotopic (exact) mass is 220 g/mol. The van der Waals surface area contributed by atoms with Crippen molar-refractivity contribution >= 4 is 0 Å². The molecule has 1 aliphatic rings. The molecule has 16 heavy (non-hydrogen) atoms. The Hall–Kier alpha value is -1.00. The lowest BCUT2D eigenvalue weighted by Crippen LogP contribution is -2.35.